The fourth-order valence-corrected chi connectivity index (χ4v) is 2.97. The van der Waals surface area contributed by atoms with Crippen molar-refractivity contribution < 1.29 is 4.79 Å². The topological polar surface area (TPSA) is 52.9 Å². The van der Waals surface area contributed by atoms with Crippen molar-refractivity contribution in [3.05, 3.63) is 65.7 Å². The van der Waals surface area contributed by atoms with E-state index in [0.717, 1.165) is 17.7 Å². The van der Waals surface area contributed by atoms with Crippen LogP contribution in [-0.4, -0.2) is 18.2 Å². The van der Waals surface area contributed by atoms with Gasteiger partial charge in [-0.2, -0.15) is 5.26 Å². The zero-order chi connectivity index (χ0) is 16.3. The highest BCUT2D eigenvalue weighted by atomic mass is 32.2. The van der Waals surface area contributed by atoms with E-state index >= 15 is 0 Å². The van der Waals surface area contributed by atoms with E-state index < -0.39 is 0 Å². The van der Waals surface area contributed by atoms with Gasteiger partial charge < -0.3 is 5.32 Å². The van der Waals surface area contributed by atoms with E-state index in [0.29, 0.717) is 24.9 Å². The summed E-state index contributed by atoms with van der Waals surface area (Å²) in [5, 5.41) is 11.7. The number of nitrogens with one attached hydrogen (secondary N) is 1. The van der Waals surface area contributed by atoms with Gasteiger partial charge in [-0.15, -0.1) is 11.8 Å². The Morgan fingerprint density at radius 1 is 1.09 bits per heavy atom. The van der Waals surface area contributed by atoms with Crippen molar-refractivity contribution in [2.75, 3.05) is 12.3 Å². The van der Waals surface area contributed by atoms with Crippen LogP contribution in [0, 0.1) is 11.3 Å². The molecule has 0 fully saturated rings. The van der Waals surface area contributed by atoms with Gasteiger partial charge in [-0.3, -0.25) is 4.79 Å². The molecular weight excluding hydrogens is 304 g/mol. The second kappa shape index (κ2) is 9.70. The van der Waals surface area contributed by atoms with E-state index in [9.17, 15) is 4.79 Å². The lowest BCUT2D eigenvalue weighted by atomic mass is 10.1. The standard InChI is InChI=1S/C19H20N2OS/c20-15-17-9-7-16(8-10-17)11-12-19(22)21-13-4-14-23-18-5-2-1-3-6-18/h1-3,5-10H,4,11-14H2,(H,21,22). The third kappa shape index (κ3) is 6.58. The summed E-state index contributed by atoms with van der Waals surface area (Å²) in [6.07, 6.45) is 2.15. The first-order chi connectivity index (χ1) is 11.3. The highest BCUT2D eigenvalue weighted by Crippen LogP contribution is 2.17. The number of carbonyl (C=O) groups is 1. The van der Waals surface area contributed by atoms with Crippen LogP contribution in [0.4, 0.5) is 0 Å². The Bertz CT molecular complexity index is 647. The SMILES string of the molecule is N#Cc1ccc(CCC(=O)NCCCSc2ccccc2)cc1. The normalized spacial score (nSPS) is 10.0. The molecule has 0 unspecified atom stereocenters. The summed E-state index contributed by atoms with van der Waals surface area (Å²) in [6, 6.07) is 19.7. The molecule has 0 bridgehead atoms. The summed E-state index contributed by atoms with van der Waals surface area (Å²) in [5.41, 5.74) is 1.73. The molecule has 23 heavy (non-hydrogen) atoms. The van der Waals surface area contributed by atoms with E-state index in [1.807, 2.05) is 42.1 Å². The number of benzene rings is 2. The molecule has 0 spiro atoms. The fraction of sp³-hybridized carbons (Fsp3) is 0.263. The molecule has 3 nitrogen and oxygen atoms in total. The Kier molecular flexibility index (Phi) is 7.22. The third-order valence-electron chi connectivity index (χ3n) is 3.38. The predicted octanol–water partition coefficient (Wildman–Crippen LogP) is 3.79. The molecule has 118 valence electrons. The van der Waals surface area contributed by atoms with Crippen molar-refractivity contribution in [3.63, 3.8) is 0 Å². The van der Waals surface area contributed by atoms with Gasteiger partial charge in [-0.1, -0.05) is 30.3 Å². The smallest absolute Gasteiger partial charge is 0.220 e. The summed E-state index contributed by atoms with van der Waals surface area (Å²) < 4.78 is 0. The summed E-state index contributed by atoms with van der Waals surface area (Å²) in [6.45, 7) is 0.714. The molecule has 0 heterocycles. The molecule has 2 aromatic rings. The first-order valence-corrected chi connectivity index (χ1v) is 8.70. The Labute approximate surface area is 141 Å². The lowest BCUT2D eigenvalue weighted by Crippen LogP contribution is -2.24. The number of amides is 1. The van der Waals surface area contributed by atoms with Crippen LogP contribution in [0.1, 0.15) is 24.0 Å². The number of nitrogens with zero attached hydrogens (tertiary/aromatic N) is 1. The van der Waals surface area contributed by atoms with Gasteiger partial charge in [0, 0.05) is 17.9 Å². The first kappa shape index (κ1) is 17.1. The van der Waals surface area contributed by atoms with Gasteiger partial charge in [0.1, 0.15) is 0 Å². The number of carbonyl (C=O) groups excluding carboxylic acids is 1. The number of rotatable bonds is 8. The van der Waals surface area contributed by atoms with Crippen LogP contribution in [0.2, 0.25) is 0 Å². The molecule has 1 amide bonds. The van der Waals surface area contributed by atoms with E-state index in [4.69, 9.17) is 5.26 Å². The van der Waals surface area contributed by atoms with Crippen LogP contribution in [0.25, 0.3) is 0 Å². The fourth-order valence-electron chi connectivity index (χ4n) is 2.10. The third-order valence-corrected chi connectivity index (χ3v) is 4.48. The number of hydrogen-bond donors (Lipinski definition) is 1. The van der Waals surface area contributed by atoms with Crippen molar-refractivity contribution in [3.8, 4) is 6.07 Å². The maximum Gasteiger partial charge on any atom is 0.220 e. The molecule has 0 aromatic heterocycles. The number of nitriles is 1. The zero-order valence-corrected chi connectivity index (χ0v) is 13.8. The molecule has 0 atom stereocenters. The van der Waals surface area contributed by atoms with Gasteiger partial charge in [0.2, 0.25) is 5.91 Å². The maximum absolute atomic E-state index is 11.8. The minimum absolute atomic E-state index is 0.0825. The molecule has 0 aliphatic heterocycles. The second-order valence-corrected chi connectivity index (χ2v) is 6.34. The Balaban J connectivity index is 1.57. The molecule has 0 aliphatic carbocycles. The van der Waals surface area contributed by atoms with Crippen LogP contribution < -0.4 is 5.32 Å². The van der Waals surface area contributed by atoms with Crippen molar-refractivity contribution in [1.29, 1.82) is 5.26 Å². The van der Waals surface area contributed by atoms with Crippen molar-refractivity contribution >= 4 is 17.7 Å². The second-order valence-electron chi connectivity index (χ2n) is 5.17. The van der Waals surface area contributed by atoms with Crippen LogP contribution >= 0.6 is 11.8 Å². The average molecular weight is 324 g/mol. The molecule has 0 saturated heterocycles. The zero-order valence-electron chi connectivity index (χ0n) is 13.0. The molecule has 0 radical (unpaired) electrons. The molecule has 0 saturated carbocycles. The minimum Gasteiger partial charge on any atom is -0.356 e. The summed E-state index contributed by atoms with van der Waals surface area (Å²) in [4.78, 5) is 13.1. The molecule has 4 heteroatoms. The minimum atomic E-state index is 0.0825. The maximum atomic E-state index is 11.8. The molecular formula is C19H20N2OS. The summed E-state index contributed by atoms with van der Waals surface area (Å²) in [5.74, 6) is 1.08. The average Bonchev–Trinajstić information content (AvgIpc) is 2.61. The predicted molar refractivity (Wildman–Crippen MR) is 94.3 cm³/mol. The molecule has 1 N–H and O–H groups in total. The lowest BCUT2D eigenvalue weighted by molar-refractivity contribution is -0.121. The molecule has 2 aromatic carbocycles. The van der Waals surface area contributed by atoms with Gasteiger partial charge in [0.05, 0.1) is 11.6 Å². The number of aryl methyl sites for hydroxylation is 1. The Morgan fingerprint density at radius 3 is 2.52 bits per heavy atom. The quantitative estimate of drug-likeness (QED) is 0.594. The van der Waals surface area contributed by atoms with Crippen LogP contribution in [0.15, 0.2) is 59.5 Å². The van der Waals surface area contributed by atoms with Gasteiger partial charge >= 0.3 is 0 Å². The van der Waals surface area contributed by atoms with E-state index in [-0.39, 0.29) is 5.91 Å². The van der Waals surface area contributed by atoms with Crippen LogP contribution in [0.5, 0.6) is 0 Å². The highest BCUT2D eigenvalue weighted by Gasteiger charge is 2.02. The monoisotopic (exact) mass is 324 g/mol. The van der Waals surface area contributed by atoms with E-state index in [1.54, 1.807) is 12.1 Å². The van der Waals surface area contributed by atoms with E-state index in [2.05, 4.69) is 23.5 Å². The Hall–Kier alpha value is -2.25. The van der Waals surface area contributed by atoms with Gasteiger partial charge in [-0.05, 0) is 48.4 Å². The van der Waals surface area contributed by atoms with Gasteiger partial charge in [0.15, 0.2) is 0 Å². The largest absolute Gasteiger partial charge is 0.356 e. The molecule has 0 aliphatic rings. The highest BCUT2D eigenvalue weighted by molar-refractivity contribution is 7.99. The van der Waals surface area contributed by atoms with Crippen molar-refractivity contribution in [2.45, 2.75) is 24.2 Å². The summed E-state index contributed by atoms with van der Waals surface area (Å²) in [7, 11) is 0. The Morgan fingerprint density at radius 2 is 1.83 bits per heavy atom. The van der Waals surface area contributed by atoms with Crippen molar-refractivity contribution in [2.24, 2.45) is 0 Å². The lowest BCUT2D eigenvalue weighted by Gasteiger charge is -2.06. The van der Waals surface area contributed by atoms with Gasteiger partial charge in [0.25, 0.3) is 0 Å². The van der Waals surface area contributed by atoms with Crippen LogP contribution in [0.3, 0.4) is 0 Å². The molecule has 2 rings (SSSR count). The summed E-state index contributed by atoms with van der Waals surface area (Å²) >= 11 is 1.81. The van der Waals surface area contributed by atoms with E-state index in [1.165, 1.54) is 4.90 Å². The van der Waals surface area contributed by atoms with Crippen molar-refractivity contribution in [1.82, 2.24) is 5.32 Å². The van der Waals surface area contributed by atoms with Crippen LogP contribution in [-0.2, 0) is 11.2 Å². The number of thioether (sulfide) groups is 1. The number of hydrogen-bond acceptors (Lipinski definition) is 3. The van der Waals surface area contributed by atoms with Gasteiger partial charge in [-0.25, -0.2) is 0 Å². The first-order valence-electron chi connectivity index (χ1n) is 7.71.